The van der Waals surface area contributed by atoms with Gasteiger partial charge < -0.3 is 40.9 Å². The molecule has 4 amide bonds. The van der Waals surface area contributed by atoms with Crippen molar-refractivity contribution in [1.82, 2.24) is 40.9 Å². The van der Waals surface area contributed by atoms with Crippen LogP contribution in [0.5, 0.6) is 0 Å². The van der Waals surface area contributed by atoms with Crippen LogP contribution < -0.4 is 21.3 Å². The third kappa shape index (κ3) is 15.7. The number of hydrogen-bond acceptors (Lipinski definition) is 8. The number of carbonyl (C=O) groups excluding carboxylic acids is 4. The SMILES string of the molecule is CNC1CC(C)CCN(C2CC3CCCC2C3)C1=O.CNC1CC(C)CCN(C2CCC=CCC2)C1=O.CNC1CC(C)CCN(CC2CC3CCC(C3)C2)C1=O.CNC1CC(C)CCN(CC2CC3CCC2C3)C1=O. The maximum Gasteiger partial charge on any atom is 0.239 e. The van der Waals surface area contributed by atoms with Crippen LogP contribution in [0.15, 0.2) is 12.2 Å². The van der Waals surface area contributed by atoms with Gasteiger partial charge in [-0.25, -0.2) is 0 Å². The first-order chi connectivity index (χ1) is 36.7. The standard InChI is InChI=1S/C17H30N2O.2C16H28N2O.C15H26N2O/c1-12-5-6-19(17(20)16(7-12)18-2)11-15-9-13-3-4-14(8-13)10-15;1-11-5-6-18(16(19)15(7-11)17-2)10-14-9-12-3-4-13(14)8-12;1-11-6-7-18(16(19)14(8-11)17-2)15-10-12-4-3-5-13(15)9-12;1-12-9-10-17(15(18)14(11-12)16-2)13-7-5-3-4-6-8-13/h12-16,18H,3-11H2,1-2H3;2*11-15,17H,3-10H2,1-2H3;3-4,12-14,16H,5-11H2,1-2H3. The van der Waals surface area contributed by atoms with Crippen LogP contribution in [-0.4, -0.2) is 147 Å². The summed E-state index contributed by atoms with van der Waals surface area (Å²) in [4.78, 5) is 59.3. The van der Waals surface area contributed by atoms with E-state index in [4.69, 9.17) is 0 Å². The quantitative estimate of drug-likeness (QED) is 0.159. The smallest absolute Gasteiger partial charge is 0.239 e. The average Bonchev–Trinajstić information content (AvgIpc) is 4.04. The molecule has 12 heteroatoms. The fourth-order valence-electron chi connectivity index (χ4n) is 17.3. The highest BCUT2D eigenvalue weighted by molar-refractivity contribution is 5.84. The van der Waals surface area contributed by atoms with Gasteiger partial charge in [0.2, 0.25) is 23.6 Å². The molecule has 4 N–H and O–H groups in total. The minimum Gasteiger partial charge on any atom is -0.341 e. The summed E-state index contributed by atoms with van der Waals surface area (Å²) >= 11 is 0. The van der Waals surface area contributed by atoms with Crippen LogP contribution >= 0.6 is 0 Å². The van der Waals surface area contributed by atoms with Crippen molar-refractivity contribution < 1.29 is 19.2 Å². The minimum atomic E-state index is 0.0266. The minimum absolute atomic E-state index is 0.0266. The van der Waals surface area contributed by atoms with Gasteiger partial charge in [0, 0.05) is 51.4 Å². The molecule has 4 saturated heterocycles. The molecule has 0 aromatic rings. The first-order valence-corrected chi connectivity index (χ1v) is 32.3. The van der Waals surface area contributed by atoms with Gasteiger partial charge in [-0.3, -0.25) is 19.2 Å². The highest BCUT2D eigenvalue weighted by Crippen LogP contribution is 2.49. The largest absolute Gasteiger partial charge is 0.341 e. The van der Waals surface area contributed by atoms with Crippen molar-refractivity contribution in [2.45, 2.75) is 231 Å². The Balaban J connectivity index is 0.000000134. The molecule has 16 unspecified atom stereocenters. The zero-order chi connectivity index (χ0) is 53.9. The zero-order valence-electron chi connectivity index (χ0n) is 49.6. The van der Waals surface area contributed by atoms with Crippen LogP contribution in [0.3, 0.4) is 0 Å². The monoisotopic (exact) mass is 1060 g/mol. The van der Waals surface area contributed by atoms with Crippen molar-refractivity contribution in [3.63, 3.8) is 0 Å². The van der Waals surface area contributed by atoms with E-state index in [1.54, 1.807) is 0 Å². The van der Waals surface area contributed by atoms with Gasteiger partial charge in [-0.05, 0) is 234 Å². The van der Waals surface area contributed by atoms with Gasteiger partial charge in [0.1, 0.15) is 0 Å². The number of likely N-dealkylation sites (tertiary alicyclic amines) is 4. The van der Waals surface area contributed by atoms with E-state index < -0.39 is 0 Å². The van der Waals surface area contributed by atoms with Gasteiger partial charge in [0.25, 0.3) is 0 Å². The van der Waals surface area contributed by atoms with E-state index >= 15 is 0 Å². The van der Waals surface area contributed by atoms with E-state index in [2.05, 4.69) is 80.7 Å². The van der Waals surface area contributed by atoms with E-state index in [0.29, 0.717) is 59.4 Å². The predicted octanol–water partition coefficient (Wildman–Crippen LogP) is 9.67. The lowest BCUT2D eigenvalue weighted by Gasteiger charge is -2.34. The number of carbonyl (C=O) groups is 4. The van der Waals surface area contributed by atoms with Crippen LogP contribution in [-0.2, 0) is 19.2 Å². The molecule has 11 rings (SSSR count). The molecule has 0 aromatic heterocycles. The predicted molar refractivity (Wildman–Crippen MR) is 309 cm³/mol. The average molecular weight is 1060 g/mol. The Hall–Kier alpha value is -2.54. The molecule has 10 fully saturated rings. The number of fused-ring (bicyclic) bond motifs is 6. The summed E-state index contributed by atoms with van der Waals surface area (Å²) in [6.45, 7) is 15.1. The van der Waals surface area contributed by atoms with Gasteiger partial charge in [-0.2, -0.15) is 0 Å². The number of likely N-dealkylation sites (N-methyl/N-ethyl adjacent to an activating group) is 4. The molecule has 16 atom stereocenters. The molecule has 4 heterocycles. The Morgan fingerprint density at radius 2 is 0.855 bits per heavy atom. The fourth-order valence-corrected chi connectivity index (χ4v) is 17.3. The van der Waals surface area contributed by atoms with Crippen molar-refractivity contribution in [3.8, 4) is 0 Å². The first kappa shape index (κ1) is 59.6. The van der Waals surface area contributed by atoms with Gasteiger partial charge in [0.05, 0.1) is 24.2 Å². The van der Waals surface area contributed by atoms with Crippen LogP contribution in [0.25, 0.3) is 0 Å². The molecule has 7 aliphatic carbocycles. The Morgan fingerprint density at radius 3 is 1.36 bits per heavy atom. The van der Waals surface area contributed by atoms with Gasteiger partial charge in [-0.1, -0.05) is 72.0 Å². The lowest BCUT2D eigenvalue weighted by molar-refractivity contribution is -0.136. The summed E-state index contributed by atoms with van der Waals surface area (Å²) in [5, 5.41) is 12.9. The topological polar surface area (TPSA) is 129 Å². The Labute approximate surface area is 463 Å². The molecule has 6 saturated carbocycles. The molecule has 0 aromatic carbocycles. The van der Waals surface area contributed by atoms with Gasteiger partial charge >= 0.3 is 0 Å². The van der Waals surface area contributed by atoms with Crippen LogP contribution in [0.4, 0.5) is 0 Å². The van der Waals surface area contributed by atoms with Crippen molar-refractivity contribution in [2.24, 2.45) is 71.0 Å². The van der Waals surface area contributed by atoms with Crippen molar-refractivity contribution in [2.75, 3.05) is 67.5 Å². The lowest BCUT2D eigenvalue weighted by atomic mass is 9.81. The molecule has 76 heavy (non-hydrogen) atoms. The van der Waals surface area contributed by atoms with Crippen LogP contribution in [0, 0.1) is 71.0 Å². The van der Waals surface area contributed by atoms with E-state index in [1.807, 2.05) is 28.2 Å². The number of amides is 4. The summed E-state index contributed by atoms with van der Waals surface area (Å²) in [6, 6.07) is 1.19. The normalized spacial score (nSPS) is 39.9. The maximum atomic E-state index is 12.8. The van der Waals surface area contributed by atoms with E-state index in [1.165, 1.54) is 109 Å². The van der Waals surface area contributed by atoms with E-state index in [0.717, 1.165) is 144 Å². The molecule has 0 spiro atoms. The molecule has 12 nitrogen and oxygen atoms in total. The maximum absolute atomic E-state index is 12.8. The second-order valence-electron chi connectivity index (χ2n) is 27.7. The number of nitrogens with zero attached hydrogens (tertiary/aromatic N) is 4. The highest BCUT2D eigenvalue weighted by atomic mass is 16.2. The van der Waals surface area contributed by atoms with Crippen LogP contribution in [0.2, 0.25) is 0 Å². The molecule has 11 aliphatic rings. The van der Waals surface area contributed by atoms with Crippen LogP contribution in [0.1, 0.15) is 195 Å². The fraction of sp³-hybridized carbons (Fsp3) is 0.906. The number of nitrogens with one attached hydrogen (secondary N) is 4. The third-order valence-corrected chi connectivity index (χ3v) is 21.9. The second-order valence-corrected chi connectivity index (χ2v) is 27.7. The lowest BCUT2D eigenvalue weighted by Crippen LogP contribution is -2.49. The second kappa shape index (κ2) is 28.7. The van der Waals surface area contributed by atoms with Crippen molar-refractivity contribution >= 4 is 23.6 Å². The summed E-state index contributed by atoms with van der Waals surface area (Å²) in [7, 11) is 7.70. The van der Waals surface area contributed by atoms with Gasteiger partial charge in [0.15, 0.2) is 0 Å². The van der Waals surface area contributed by atoms with Crippen molar-refractivity contribution in [1.29, 1.82) is 0 Å². The molecular weight excluding hydrogens is 945 g/mol. The molecule has 6 bridgehead atoms. The van der Waals surface area contributed by atoms with Gasteiger partial charge in [-0.15, -0.1) is 0 Å². The summed E-state index contributed by atoms with van der Waals surface area (Å²) < 4.78 is 0. The van der Waals surface area contributed by atoms with Crippen molar-refractivity contribution in [3.05, 3.63) is 12.2 Å². The first-order valence-electron chi connectivity index (χ1n) is 32.3. The molecule has 432 valence electrons. The number of allylic oxidation sites excluding steroid dienone is 2. The van der Waals surface area contributed by atoms with E-state index in [-0.39, 0.29) is 24.2 Å². The molecular formula is C64H112N8O4. The summed E-state index contributed by atoms with van der Waals surface area (Å²) in [5.41, 5.74) is 0. The Morgan fingerprint density at radius 1 is 0.408 bits per heavy atom. The molecule has 4 aliphatic heterocycles. The summed E-state index contributed by atoms with van der Waals surface area (Å²) in [5.74, 6) is 11.2. The Bertz CT molecular complexity index is 1860. The number of rotatable bonds is 10. The Kier molecular flexibility index (Phi) is 22.5. The zero-order valence-corrected chi connectivity index (χ0v) is 49.6. The summed E-state index contributed by atoms with van der Waals surface area (Å²) in [6.07, 6.45) is 37.3. The highest BCUT2D eigenvalue weighted by Gasteiger charge is 2.45. The molecule has 0 radical (unpaired) electrons. The third-order valence-electron chi connectivity index (χ3n) is 21.9. The van der Waals surface area contributed by atoms with E-state index in [9.17, 15) is 19.2 Å². The number of hydrogen-bond donors (Lipinski definition) is 4.